The monoisotopic (exact) mass is 568 g/mol. The van der Waals surface area contributed by atoms with E-state index < -0.39 is 0 Å². The van der Waals surface area contributed by atoms with Gasteiger partial charge in [0.1, 0.15) is 23.6 Å². The topological polar surface area (TPSA) is 117 Å². The molecule has 0 radical (unpaired) electrons. The van der Waals surface area contributed by atoms with Crippen molar-refractivity contribution in [2.24, 2.45) is 11.3 Å². The second-order valence-electron chi connectivity index (χ2n) is 12.1. The second kappa shape index (κ2) is 12.2. The molecule has 9 heteroatoms. The van der Waals surface area contributed by atoms with E-state index in [9.17, 15) is 9.59 Å². The number of amides is 1. The number of benzene rings is 1. The molecule has 1 saturated carbocycles. The maximum atomic E-state index is 13.5. The molecule has 1 aliphatic heterocycles. The minimum Gasteiger partial charge on any atom is -0.443 e. The summed E-state index contributed by atoms with van der Waals surface area (Å²) in [6.07, 6.45) is 13.0. The van der Waals surface area contributed by atoms with Crippen LogP contribution in [0.15, 0.2) is 53.4 Å². The fourth-order valence-electron chi connectivity index (χ4n) is 6.33. The van der Waals surface area contributed by atoms with Gasteiger partial charge < -0.3 is 19.6 Å². The Kier molecular flexibility index (Phi) is 8.20. The summed E-state index contributed by atoms with van der Waals surface area (Å²) < 4.78 is 5.39. The molecular weight excluding hydrogens is 528 g/mol. The summed E-state index contributed by atoms with van der Waals surface area (Å²) in [7, 11) is 2.16. The van der Waals surface area contributed by atoms with Crippen LogP contribution in [0.1, 0.15) is 76.6 Å². The number of hydrogen-bond donors (Lipinski definition) is 2. The number of carbonyl (C=O) groups excluding carboxylic acids is 2. The first kappa shape index (κ1) is 28.3. The lowest BCUT2D eigenvalue weighted by molar-refractivity contribution is -0.124. The lowest BCUT2D eigenvalue weighted by atomic mass is 9.91. The van der Waals surface area contributed by atoms with Crippen molar-refractivity contribution in [3.8, 4) is 22.8 Å². The highest BCUT2D eigenvalue weighted by Gasteiger charge is 2.58. The van der Waals surface area contributed by atoms with Crippen molar-refractivity contribution in [2.45, 2.75) is 70.8 Å². The van der Waals surface area contributed by atoms with Crippen LogP contribution in [0.4, 0.5) is 0 Å². The van der Waals surface area contributed by atoms with Gasteiger partial charge in [-0.25, -0.2) is 15.0 Å². The number of carbonyl (C=O) groups is 2. The van der Waals surface area contributed by atoms with Crippen LogP contribution in [0.3, 0.4) is 0 Å². The average Bonchev–Trinajstić information content (AvgIpc) is 3.36. The van der Waals surface area contributed by atoms with Crippen LogP contribution in [0, 0.1) is 11.3 Å². The largest absolute Gasteiger partial charge is 0.443 e. The quantitative estimate of drug-likeness (QED) is 0.198. The Labute approximate surface area is 246 Å². The number of aromatic nitrogens is 4. The maximum Gasteiger partial charge on any atom is 0.245 e. The molecule has 42 heavy (non-hydrogen) atoms. The van der Waals surface area contributed by atoms with Gasteiger partial charge in [0.05, 0.1) is 29.6 Å². The first-order valence-electron chi connectivity index (χ1n) is 15.3. The van der Waals surface area contributed by atoms with Gasteiger partial charge >= 0.3 is 0 Å². The van der Waals surface area contributed by atoms with Gasteiger partial charge in [0.25, 0.3) is 0 Å². The molecule has 0 bridgehead atoms. The van der Waals surface area contributed by atoms with Crippen molar-refractivity contribution < 1.29 is 14.0 Å². The molecule has 0 unspecified atom stereocenters. The summed E-state index contributed by atoms with van der Waals surface area (Å²) in [6.45, 7) is 4.04. The molecule has 1 spiro atoms. The first-order valence-corrected chi connectivity index (χ1v) is 15.3. The molecule has 1 aromatic carbocycles. The predicted molar refractivity (Wildman–Crippen MR) is 161 cm³/mol. The number of rotatable bonds is 12. The van der Waals surface area contributed by atoms with Gasteiger partial charge in [-0.1, -0.05) is 31.9 Å². The number of oxazole rings is 1. The van der Waals surface area contributed by atoms with E-state index in [1.165, 1.54) is 0 Å². The van der Waals surface area contributed by atoms with Crippen molar-refractivity contribution in [3.63, 3.8) is 0 Å². The molecule has 9 nitrogen and oxygen atoms in total. The fourth-order valence-corrected chi connectivity index (χ4v) is 6.33. The van der Waals surface area contributed by atoms with Gasteiger partial charge in [-0.15, -0.1) is 0 Å². The Morgan fingerprint density at radius 3 is 2.79 bits per heavy atom. The van der Waals surface area contributed by atoms with E-state index in [0.717, 1.165) is 86.0 Å². The number of pyridine rings is 1. The minimum atomic E-state index is -0.192. The SMILES string of the molecule is CCC(=O)CCCCC[C@H](NC(=O)[C@H]1CC12CCN(C)CC2)c1ncc(-c2ccc3nc(-c4ncco4)ccc3c2)[nH]1. The van der Waals surface area contributed by atoms with Crippen molar-refractivity contribution in [2.75, 3.05) is 20.1 Å². The molecule has 220 valence electrons. The molecular formula is C33H40N6O3. The predicted octanol–water partition coefficient (Wildman–Crippen LogP) is 6.10. The van der Waals surface area contributed by atoms with Crippen LogP contribution < -0.4 is 5.32 Å². The number of unbranched alkanes of at least 4 members (excludes halogenated alkanes) is 2. The summed E-state index contributed by atoms with van der Waals surface area (Å²) in [5, 5.41) is 4.37. The van der Waals surface area contributed by atoms with E-state index >= 15 is 0 Å². The molecule has 2 fully saturated rings. The number of ketones is 1. The van der Waals surface area contributed by atoms with Gasteiger partial charge in [-0.2, -0.15) is 0 Å². The summed E-state index contributed by atoms with van der Waals surface area (Å²) in [4.78, 5) is 44.7. The average molecular weight is 569 g/mol. The molecule has 2 N–H and O–H groups in total. The van der Waals surface area contributed by atoms with E-state index in [0.29, 0.717) is 30.2 Å². The van der Waals surface area contributed by atoms with Crippen molar-refractivity contribution in [3.05, 3.63) is 54.8 Å². The number of fused-ring (bicyclic) bond motifs is 1. The van der Waals surface area contributed by atoms with Crippen molar-refractivity contribution in [1.29, 1.82) is 0 Å². The van der Waals surface area contributed by atoms with E-state index in [1.807, 2.05) is 37.4 Å². The zero-order valence-corrected chi connectivity index (χ0v) is 24.6. The van der Waals surface area contributed by atoms with Gasteiger partial charge in [-0.05, 0) is 75.9 Å². The van der Waals surface area contributed by atoms with Crippen molar-refractivity contribution >= 4 is 22.6 Å². The summed E-state index contributed by atoms with van der Waals surface area (Å²) >= 11 is 0. The second-order valence-corrected chi connectivity index (χ2v) is 12.1. The number of hydrogen-bond acceptors (Lipinski definition) is 7. The Morgan fingerprint density at radius 2 is 2.00 bits per heavy atom. The third kappa shape index (κ3) is 6.16. The number of piperidine rings is 1. The molecule has 1 aliphatic carbocycles. The fraction of sp³-hybridized carbons (Fsp3) is 0.485. The smallest absolute Gasteiger partial charge is 0.245 e. The Hall–Kier alpha value is -3.85. The lowest BCUT2D eigenvalue weighted by Gasteiger charge is -2.30. The number of imidazole rings is 1. The molecule has 2 atom stereocenters. The van der Waals surface area contributed by atoms with Crippen LogP contribution in [-0.2, 0) is 9.59 Å². The van der Waals surface area contributed by atoms with E-state index in [2.05, 4.69) is 33.3 Å². The molecule has 1 saturated heterocycles. The third-order valence-electron chi connectivity index (χ3n) is 9.23. The number of Topliss-reactive ketones (excluding diaryl/α,β-unsaturated/α-hetero) is 1. The molecule has 4 heterocycles. The number of likely N-dealkylation sites (tertiary alicyclic amines) is 1. The van der Waals surface area contributed by atoms with Crippen LogP contribution in [-0.4, -0.2) is 56.7 Å². The highest BCUT2D eigenvalue weighted by Crippen LogP contribution is 2.59. The highest BCUT2D eigenvalue weighted by atomic mass is 16.3. The third-order valence-corrected chi connectivity index (χ3v) is 9.23. The van der Waals surface area contributed by atoms with Crippen LogP contribution >= 0.6 is 0 Å². The number of nitrogens with zero attached hydrogens (tertiary/aromatic N) is 4. The summed E-state index contributed by atoms with van der Waals surface area (Å²) in [5.41, 5.74) is 3.63. The van der Waals surface area contributed by atoms with Crippen LogP contribution in [0.5, 0.6) is 0 Å². The molecule has 4 aromatic rings. The maximum absolute atomic E-state index is 13.5. The Bertz CT molecular complexity index is 1540. The van der Waals surface area contributed by atoms with Crippen LogP contribution in [0.25, 0.3) is 33.7 Å². The molecule has 3 aromatic heterocycles. The standard InChI is InChI=1S/C33H40N6O3/c1-3-24(40)7-5-4-6-8-27(38-31(41)25-20-33(25)13-16-39(2)17-14-33)30-35-21-29(37-30)23-9-11-26-22(19-23)10-12-28(36-26)32-34-15-18-42-32/h9-12,15,18-19,21,25,27H,3-8,13-14,16-17,20H2,1-2H3,(H,35,37)(H,38,41)/t25-,27+/m1/s1. The van der Waals surface area contributed by atoms with E-state index in [-0.39, 0.29) is 23.3 Å². The number of aromatic amines is 1. The normalized spacial score (nSPS) is 18.8. The summed E-state index contributed by atoms with van der Waals surface area (Å²) in [6, 6.07) is 9.84. The zero-order valence-electron chi connectivity index (χ0n) is 24.6. The molecule has 1 amide bonds. The zero-order chi connectivity index (χ0) is 29.1. The first-order chi connectivity index (χ1) is 20.4. The van der Waals surface area contributed by atoms with E-state index in [4.69, 9.17) is 14.4 Å². The Balaban J connectivity index is 1.16. The van der Waals surface area contributed by atoms with E-state index in [1.54, 1.807) is 12.5 Å². The minimum absolute atomic E-state index is 0.0968. The van der Waals surface area contributed by atoms with Crippen LogP contribution in [0.2, 0.25) is 0 Å². The summed E-state index contributed by atoms with van der Waals surface area (Å²) in [5.74, 6) is 1.84. The number of H-pyrrole nitrogens is 1. The number of nitrogens with one attached hydrogen (secondary N) is 2. The van der Waals surface area contributed by atoms with Crippen molar-refractivity contribution in [1.82, 2.24) is 30.2 Å². The lowest BCUT2D eigenvalue weighted by Crippen LogP contribution is -2.36. The van der Waals surface area contributed by atoms with Gasteiger partial charge in [0, 0.05) is 29.7 Å². The van der Waals surface area contributed by atoms with Gasteiger partial charge in [0.2, 0.25) is 11.8 Å². The highest BCUT2D eigenvalue weighted by molar-refractivity contribution is 5.85. The molecule has 6 rings (SSSR count). The van der Waals surface area contributed by atoms with Gasteiger partial charge in [0.15, 0.2) is 0 Å². The Morgan fingerprint density at radius 1 is 1.14 bits per heavy atom. The molecule has 2 aliphatic rings. The van der Waals surface area contributed by atoms with Gasteiger partial charge in [-0.3, -0.25) is 9.59 Å².